The number of hydrogen-bond acceptors (Lipinski definition) is 1. The van der Waals surface area contributed by atoms with Crippen LogP contribution in [-0.2, 0) is 4.79 Å². The standard InChI is InChI=1S/C18H20F17NO/c1-2-3-4-5-6-7-8-9-36-10(37)11(19,20)12(21,22)13(23,24)14(25,26)15(27,28)16(29,30)17(31,32)18(33,34)35/h2-9H2,1H3,(H,36,37). The van der Waals surface area contributed by atoms with Crippen LogP contribution in [0.25, 0.3) is 0 Å². The zero-order valence-corrected chi connectivity index (χ0v) is 18.5. The number of unbranched alkanes of at least 4 members (excludes halogenated alkanes) is 6. The third kappa shape index (κ3) is 5.98. The second-order valence-electron chi connectivity index (χ2n) is 7.90. The molecule has 0 saturated carbocycles. The summed E-state index contributed by atoms with van der Waals surface area (Å²) in [6.07, 6.45) is -4.43. The molecule has 0 unspecified atom stereocenters. The fourth-order valence-corrected chi connectivity index (χ4v) is 2.70. The molecule has 0 heterocycles. The van der Waals surface area contributed by atoms with Gasteiger partial charge in [0.2, 0.25) is 0 Å². The van der Waals surface area contributed by atoms with Crippen LogP contribution in [0.15, 0.2) is 0 Å². The van der Waals surface area contributed by atoms with Gasteiger partial charge in [0, 0.05) is 6.54 Å². The maximum absolute atomic E-state index is 13.7. The van der Waals surface area contributed by atoms with Gasteiger partial charge in [-0.2, -0.15) is 74.6 Å². The summed E-state index contributed by atoms with van der Waals surface area (Å²) >= 11 is 0. The quantitative estimate of drug-likeness (QED) is 0.153. The van der Waals surface area contributed by atoms with Crippen LogP contribution in [0, 0.1) is 0 Å². The van der Waals surface area contributed by atoms with Crippen LogP contribution >= 0.6 is 0 Å². The van der Waals surface area contributed by atoms with Crippen molar-refractivity contribution in [3.63, 3.8) is 0 Å². The zero-order chi connectivity index (χ0) is 29.9. The average Bonchev–Trinajstić information content (AvgIpc) is 2.73. The molecule has 2 nitrogen and oxygen atoms in total. The van der Waals surface area contributed by atoms with E-state index in [9.17, 15) is 79.4 Å². The summed E-state index contributed by atoms with van der Waals surface area (Å²) < 4.78 is 224. The summed E-state index contributed by atoms with van der Waals surface area (Å²) in [5.41, 5.74) is 0. The van der Waals surface area contributed by atoms with Gasteiger partial charge in [-0.05, 0) is 6.42 Å². The first-order valence-electron chi connectivity index (χ1n) is 10.2. The molecule has 222 valence electrons. The van der Waals surface area contributed by atoms with Crippen molar-refractivity contribution in [1.29, 1.82) is 0 Å². The van der Waals surface area contributed by atoms with E-state index in [-0.39, 0.29) is 12.8 Å². The molecule has 0 aromatic rings. The lowest BCUT2D eigenvalue weighted by Gasteiger charge is -2.42. The van der Waals surface area contributed by atoms with Crippen molar-refractivity contribution in [2.24, 2.45) is 0 Å². The van der Waals surface area contributed by atoms with Gasteiger partial charge in [-0.1, -0.05) is 45.4 Å². The van der Waals surface area contributed by atoms with Gasteiger partial charge in [-0.25, -0.2) is 0 Å². The Balaban J connectivity index is 5.92. The molecule has 0 radical (unpaired) electrons. The Bertz CT molecular complexity index is 760. The summed E-state index contributed by atoms with van der Waals surface area (Å²) in [4.78, 5) is 11.3. The lowest BCUT2D eigenvalue weighted by molar-refractivity contribution is -0.459. The highest BCUT2D eigenvalue weighted by atomic mass is 19.4. The van der Waals surface area contributed by atoms with E-state index in [0.29, 0.717) is 12.8 Å². The number of nitrogens with one attached hydrogen (secondary N) is 1. The third-order valence-corrected chi connectivity index (χ3v) is 5.07. The molecule has 0 saturated heterocycles. The normalized spacial score (nSPS) is 15.2. The van der Waals surface area contributed by atoms with E-state index in [1.807, 2.05) is 6.92 Å². The lowest BCUT2D eigenvalue weighted by atomic mass is 9.89. The van der Waals surface area contributed by atoms with Crippen LogP contribution < -0.4 is 5.32 Å². The monoisotopic (exact) mass is 589 g/mol. The minimum Gasteiger partial charge on any atom is -0.351 e. The van der Waals surface area contributed by atoms with Gasteiger partial charge in [0.25, 0.3) is 5.91 Å². The molecule has 0 bridgehead atoms. The number of rotatable bonds is 15. The number of carbonyl (C=O) groups is 1. The topological polar surface area (TPSA) is 29.1 Å². The number of hydrogen-bond donors (Lipinski definition) is 1. The van der Waals surface area contributed by atoms with E-state index >= 15 is 0 Å². The lowest BCUT2D eigenvalue weighted by Crippen LogP contribution is -2.75. The summed E-state index contributed by atoms with van der Waals surface area (Å²) in [6, 6.07) is 0. The van der Waals surface area contributed by atoms with Gasteiger partial charge in [0.15, 0.2) is 0 Å². The molecule has 0 aliphatic carbocycles. The van der Waals surface area contributed by atoms with Gasteiger partial charge >= 0.3 is 47.6 Å². The minimum absolute atomic E-state index is 0.162. The van der Waals surface area contributed by atoms with Crippen molar-refractivity contribution in [1.82, 2.24) is 5.32 Å². The molecule has 0 spiro atoms. The highest BCUT2D eigenvalue weighted by Gasteiger charge is 2.95. The predicted octanol–water partition coefficient (Wildman–Crippen LogP) is 7.86. The first-order valence-corrected chi connectivity index (χ1v) is 10.2. The fraction of sp³-hybridized carbons (Fsp3) is 0.944. The van der Waals surface area contributed by atoms with Crippen molar-refractivity contribution >= 4 is 5.91 Å². The Morgan fingerprint density at radius 1 is 0.486 bits per heavy atom. The second-order valence-corrected chi connectivity index (χ2v) is 7.90. The minimum atomic E-state index is -8.71. The van der Waals surface area contributed by atoms with E-state index in [1.165, 1.54) is 0 Å². The van der Waals surface area contributed by atoms with Gasteiger partial charge in [-0.15, -0.1) is 0 Å². The molecular formula is C18H20F17NO. The van der Waals surface area contributed by atoms with E-state index < -0.39 is 60.1 Å². The van der Waals surface area contributed by atoms with E-state index in [0.717, 1.165) is 24.6 Å². The summed E-state index contributed by atoms with van der Waals surface area (Å²) in [7, 11) is 0. The first-order chi connectivity index (χ1) is 16.2. The van der Waals surface area contributed by atoms with E-state index in [4.69, 9.17) is 0 Å². The van der Waals surface area contributed by atoms with Gasteiger partial charge in [0.1, 0.15) is 0 Å². The molecule has 0 aliphatic rings. The smallest absolute Gasteiger partial charge is 0.351 e. The summed E-state index contributed by atoms with van der Waals surface area (Å²) in [5.74, 6) is -61.2. The van der Waals surface area contributed by atoms with Crippen LogP contribution in [-0.4, -0.2) is 60.1 Å². The zero-order valence-electron chi connectivity index (χ0n) is 18.5. The molecule has 0 fully saturated rings. The largest absolute Gasteiger partial charge is 0.460 e. The number of halogens is 17. The Labute approximate surface area is 197 Å². The highest BCUT2D eigenvalue weighted by Crippen LogP contribution is 2.63. The highest BCUT2D eigenvalue weighted by molar-refractivity contribution is 5.84. The average molecular weight is 589 g/mol. The molecule has 1 N–H and O–H groups in total. The molecular weight excluding hydrogens is 569 g/mol. The van der Waals surface area contributed by atoms with Gasteiger partial charge < -0.3 is 5.32 Å². The van der Waals surface area contributed by atoms with Crippen LogP contribution in [0.5, 0.6) is 0 Å². The SMILES string of the molecule is CCCCCCCCCNC(=O)C(F)(F)C(F)(F)C(F)(F)C(F)(F)C(F)(F)C(F)(F)C(F)(F)C(F)(F)F. The maximum Gasteiger partial charge on any atom is 0.460 e. The fourth-order valence-electron chi connectivity index (χ4n) is 2.70. The van der Waals surface area contributed by atoms with Gasteiger partial charge in [-0.3, -0.25) is 4.79 Å². The first kappa shape index (κ1) is 35.3. The van der Waals surface area contributed by atoms with Crippen molar-refractivity contribution < 1.29 is 79.4 Å². The molecule has 0 aliphatic heterocycles. The molecule has 0 atom stereocenters. The molecule has 0 rings (SSSR count). The van der Waals surface area contributed by atoms with E-state index in [1.54, 1.807) is 0 Å². The van der Waals surface area contributed by atoms with Crippen LogP contribution in [0.2, 0.25) is 0 Å². The Morgan fingerprint density at radius 3 is 1.19 bits per heavy atom. The van der Waals surface area contributed by atoms with Crippen molar-refractivity contribution in [3.05, 3.63) is 0 Å². The third-order valence-electron chi connectivity index (χ3n) is 5.07. The molecule has 1 amide bonds. The molecule has 0 aromatic carbocycles. The number of carbonyl (C=O) groups excluding carboxylic acids is 1. The number of amides is 1. The Hall–Kier alpha value is -1.72. The Kier molecular flexibility index (Phi) is 10.7. The second kappa shape index (κ2) is 11.2. The van der Waals surface area contributed by atoms with Crippen LogP contribution in [0.1, 0.15) is 51.9 Å². The van der Waals surface area contributed by atoms with Crippen molar-refractivity contribution in [2.75, 3.05) is 6.54 Å². The molecule has 37 heavy (non-hydrogen) atoms. The molecule has 19 heteroatoms. The van der Waals surface area contributed by atoms with Crippen LogP contribution in [0.3, 0.4) is 0 Å². The van der Waals surface area contributed by atoms with Crippen molar-refractivity contribution in [3.8, 4) is 0 Å². The summed E-state index contributed by atoms with van der Waals surface area (Å²) in [6.45, 7) is 0.918. The number of alkyl halides is 17. The van der Waals surface area contributed by atoms with Crippen LogP contribution in [0.4, 0.5) is 74.6 Å². The molecule has 0 aromatic heterocycles. The van der Waals surface area contributed by atoms with Crippen molar-refractivity contribution in [2.45, 2.75) is 99.5 Å². The van der Waals surface area contributed by atoms with E-state index in [2.05, 4.69) is 0 Å². The Morgan fingerprint density at radius 2 is 0.811 bits per heavy atom. The predicted molar refractivity (Wildman–Crippen MR) is 91.7 cm³/mol. The maximum atomic E-state index is 13.7. The van der Waals surface area contributed by atoms with Gasteiger partial charge in [0.05, 0.1) is 0 Å². The summed E-state index contributed by atoms with van der Waals surface area (Å²) in [5, 5.41) is 0.916.